The van der Waals surface area contributed by atoms with E-state index in [0.717, 1.165) is 5.56 Å². The number of aryl methyl sites for hydroxylation is 1. The molecule has 0 aromatic carbocycles. The molecule has 0 amide bonds. The maximum Gasteiger partial charge on any atom is 0.227 e. The van der Waals surface area contributed by atoms with E-state index >= 15 is 0 Å². The summed E-state index contributed by atoms with van der Waals surface area (Å²) in [5.41, 5.74) is 7.09. The number of hydrogen-bond donors (Lipinski definition) is 1. The van der Waals surface area contributed by atoms with Crippen molar-refractivity contribution in [3.63, 3.8) is 0 Å². The molecule has 0 atom stereocenters. The van der Waals surface area contributed by atoms with Gasteiger partial charge in [-0.05, 0) is 30.2 Å². The third-order valence-corrected chi connectivity index (χ3v) is 2.02. The van der Waals surface area contributed by atoms with Crippen molar-refractivity contribution in [1.29, 1.82) is 0 Å². The highest BCUT2D eigenvalue weighted by molar-refractivity contribution is 6.28. The predicted octanol–water partition coefficient (Wildman–Crippen LogP) is 1.48. The lowest BCUT2D eigenvalue weighted by atomic mass is 10.2. The summed E-state index contributed by atoms with van der Waals surface area (Å²) < 4.78 is 0. The van der Waals surface area contributed by atoms with Crippen LogP contribution in [-0.4, -0.2) is 19.9 Å². The maximum absolute atomic E-state index is 5.68. The van der Waals surface area contributed by atoms with Gasteiger partial charge in [0.25, 0.3) is 0 Å². The van der Waals surface area contributed by atoms with Gasteiger partial charge in [0.05, 0.1) is 0 Å². The Kier molecular flexibility index (Phi) is 2.47. The van der Waals surface area contributed by atoms with Gasteiger partial charge in [-0.15, -0.1) is 0 Å². The monoisotopic (exact) mass is 221 g/mol. The zero-order chi connectivity index (χ0) is 10.8. The summed E-state index contributed by atoms with van der Waals surface area (Å²) in [5.74, 6) is 0.487. The second kappa shape index (κ2) is 3.78. The molecule has 5 nitrogen and oxygen atoms in total. The van der Waals surface area contributed by atoms with E-state index in [2.05, 4.69) is 19.9 Å². The van der Waals surface area contributed by atoms with Crippen molar-refractivity contribution in [2.75, 3.05) is 5.73 Å². The number of halogens is 1. The zero-order valence-corrected chi connectivity index (χ0v) is 8.73. The van der Waals surface area contributed by atoms with Crippen LogP contribution in [0.5, 0.6) is 0 Å². The van der Waals surface area contributed by atoms with Gasteiger partial charge in [-0.3, -0.25) is 4.98 Å². The fraction of sp³-hybridized carbons (Fsp3) is 0.111. The van der Waals surface area contributed by atoms with E-state index in [1.165, 1.54) is 0 Å². The molecule has 0 radical (unpaired) electrons. The molecule has 76 valence electrons. The Labute approximate surface area is 91.4 Å². The van der Waals surface area contributed by atoms with Crippen molar-refractivity contribution >= 4 is 17.5 Å². The number of hydrogen-bond acceptors (Lipinski definition) is 5. The van der Waals surface area contributed by atoms with Crippen LogP contribution in [0.15, 0.2) is 18.3 Å². The molecule has 2 rings (SSSR count). The zero-order valence-electron chi connectivity index (χ0n) is 7.98. The maximum atomic E-state index is 5.68. The van der Waals surface area contributed by atoms with Crippen molar-refractivity contribution in [3.05, 3.63) is 29.2 Å². The van der Waals surface area contributed by atoms with Gasteiger partial charge in [0, 0.05) is 6.20 Å². The van der Waals surface area contributed by atoms with Gasteiger partial charge in [0.2, 0.25) is 11.2 Å². The summed E-state index contributed by atoms with van der Waals surface area (Å²) in [6, 6.07) is 3.75. The lowest BCUT2D eigenvalue weighted by molar-refractivity contribution is 1.05. The number of nitrogen functional groups attached to an aromatic ring is 1. The SMILES string of the molecule is Cc1cccnc1-c1nc(N)nc(Cl)n1. The van der Waals surface area contributed by atoms with Crippen molar-refractivity contribution in [2.24, 2.45) is 0 Å². The normalized spacial score (nSPS) is 10.3. The number of nitrogens with two attached hydrogens (primary N) is 1. The predicted molar refractivity (Wildman–Crippen MR) is 57.2 cm³/mol. The molecule has 2 aromatic rings. The van der Waals surface area contributed by atoms with E-state index in [1.807, 2.05) is 19.1 Å². The Hall–Kier alpha value is -1.75. The van der Waals surface area contributed by atoms with Crippen LogP contribution >= 0.6 is 11.6 Å². The first-order chi connectivity index (χ1) is 7.16. The van der Waals surface area contributed by atoms with Crippen LogP contribution in [0.4, 0.5) is 5.95 Å². The van der Waals surface area contributed by atoms with Crippen LogP contribution in [0.1, 0.15) is 5.56 Å². The first-order valence-electron chi connectivity index (χ1n) is 4.26. The first kappa shape index (κ1) is 9.79. The number of nitrogens with zero attached hydrogens (tertiary/aromatic N) is 4. The van der Waals surface area contributed by atoms with Gasteiger partial charge >= 0.3 is 0 Å². The minimum absolute atomic E-state index is 0.0718. The molecule has 0 fully saturated rings. The van der Waals surface area contributed by atoms with Gasteiger partial charge in [0.1, 0.15) is 5.69 Å². The molecule has 15 heavy (non-hydrogen) atoms. The number of anilines is 1. The van der Waals surface area contributed by atoms with Crippen molar-refractivity contribution in [1.82, 2.24) is 19.9 Å². The average molecular weight is 222 g/mol. The molecule has 0 spiro atoms. The van der Waals surface area contributed by atoms with E-state index in [0.29, 0.717) is 11.5 Å². The Bertz CT molecular complexity index is 479. The highest BCUT2D eigenvalue weighted by atomic mass is 35.5. The number of aromatic nitrogens is 4. The lowest BCUT2D eigenvalue weighted by Gasteiger charge is -2.03. The third kappa shape index (κ3) is 2.02. The fourth-order valence-electron chi connectivity index (χ4n) is 1.19. The van der Waals surface area contributed by atoms with Crippen LogP contribution in [0, 0.1) is 6.92 Å². The van der Waals surface area contributed by atoms with Crippen LogP contribution < -0.4 is 5.73 Å². The van der Waals surface area contributed by atoms with Gasteiger partial charge in [0.15, 0.2) is 5.82 Å². The minimum Gasteiger partial charge on any atom is -0.368 e. The summed E-state index contributed by atoms with van der Waals surface area (Å²) in [5, 5.41) is 0.0718. The van der Waals surface area contributed by atoms with Crippen LogP contribution in [0.2, 0.25) is 5.28 Å². The molecular weight excluding hydrogens is 214 g/mol. The molecule has 0 saturated heterocycles. The molecule has 0 bridgehead atoms. The molecule has 0 aliphatic carbocycles. The quantitative estimate of drug-likeness (QED) is 0.789. The van der Waals surface area contributed by atoms with Gasteiger partial charge in [-0.25, -0.2) is 0 Å². The summed E-state index contributed by atoms with van der Waals surface area (Å²) in [4.78, 5) is 15.8. The van der Waals surface area contributed by atoms with E-state index in [-0.39, 0.29) is 11.2 Å². The second-order valence-corrected chi connectivity index (χ2v) is 3.29. The van der Waals surface area contributed by atoms with Crippen LogP contribution in [0.25, 0.3) is 11.5 Å². The van der Waals surface area contributed by atoms with Crippen LogP contribution in [-0.2, 0) is 0 Å². The van der Waals surface area contributed by atoms with Crippen molar-refractivity contribution < 1.29 is 0 Å². The Morgan fingerprint density at radius 1 is 1.27 bits per heavy atom. The van der Waals surface area contributed by atoms with Gasteiger partial charge in [-0.2, -0.15) is 15.0 Å². The second-order valence-electron chi connectivity index (χ2n) is 2.96. The van der Waals surface area contributed by atoms with Gasteiger partial charge < -0.3 is 5.73 Å². The first-order valence-corrected chi connectivity index (χ1v) is 4.63. The van der Waals surface area contributed by atoms with Crippen LogP contribution in [0.3, 0.4) is 0 Å². The molecule has 0 aliphatic heterocycles. The van der Waals surface area contributed by atoms with E-state index < -0.39 is 0 Å². The van der Waals surface area contributed by atoms with Gasteiger partial charge in [-0.1, -0.05) is 6.07 Å². The Morgan fingerprint density at radius 3 is 2.73 bits per heavy atom. The summed E-state index contributed by atoms with van der Waals surface area (Å²) >= 11 is 5.68. The minimum atomic E-state index is 0.0718. The summed E-state index contributed by atoms with van der Waals surface area (Å²) in [6.07, 6.45) is 1.66. The number of pyridine rings is 1. The molecule has 2 aromatic heterocycles. The average Bonchev–Trinajstić information content (AvgIpc) is 2.16. The number of rotatable bonds is 1. The Morgan fingerprint density at radius 2 is 2.07 bits per heavy atom. The van der Waals surface area contributed by atoms with Crippen molar-refractivity contribution in [2.45, 2.75) is 6.92 Å². The molecule has 2 N–H and O–H groups in total. The summed E-state index contributed by atoms with van der Waals surface area (Å²) in [7, 11) is 0. The van der Waals surface area contributed by atoms with E-state index in [4.69, 9.17) is 17.3 Å². The topological polar surface area (TPSA) is 77.6 Å². The molecule has 6 heteroatoms. The fourth-order valence-corrected chi connectivity index (χ4v) is 1.36. The molecular formula is C9H8ClN5. The standard InChI is InChI=1S/C9H8ClN5/c1-5-3-2-4-12-6(5)7-13-8(10)15-9(11)14-7/h2-4H,1H3,(H2,11,13,14,15). The van der Waals surface area contributed by atoms with E-state index in [1.54, 1.807) is 6.20 Å². The highest BCUT2D eigenvalue weighted by Crippen LogP contribution is 2.17. The van der Waals surface area contributed by atoms with Crippen molar-refractivity contribution in [3.8, 4) is 11.5 Å². The highest BCUT2D eigenvalue weighted by Gasteiger charge is 2.08. The largest absolute Gasteiger partial charge is 0.368 e. The van der Waals surface area contributed by atoms with E-state index in [9.17, 15) is 0 Å². The molecule has 0 saturated carbocycles. The smallest absolute Gasteiger partial charge is 0.227 e. The molecule has 2 heterocycles. The molecule has 0 aliphatic rings. The molecule has 0 unspecified atom stereocenters. The lowest BCUT2D eigenvalue weighted by Crippen LogP contribution is -2.01. The third-order valence-electron chi connectivity index (χ3n) is 1.85. The summed E-state index contributed by atoms with van der Waals surface area (Å²) in [6.45, 7) is 1.91. The Balaban J connectivity index is 2.59.